The minimum Gasteiger partial charge on any atom is -0.337 e. The molecule has 1 aromatic heterocycles. The van der Waals surface area contributed by atoms with Gasteiger partial charge in [-0.2, -0.15) is 17.4 Å². The van der Waals surface area contributed by atoms with Crippen LogP contribution in [0.3, 0.4) is 0 Å². The van der Waals surface area contributed by atoms with Gasteiger partial charge in [0.15, 0.2) is 0 Å². The van der Waals surface area contributed by atoms with Gasteiger partial charge in [-0.25, -0.2) is 4.98 Å². The van der Waals surface area contributed by atoms with Gasteiger partial charge < -0.3 is 9.88 Å². The van der Waals surface area contributed by atoms with Gasteiger partial charge in [-0.15, -0.1) is 0 Å². The zero-order chi connectivity index (χ0) is 14.6. The molecule has 0 amide bonds. The van der Waals surface area contributed by atoms with Crippen molar-refractivity contribution in [1.29, 1.82) is 0 Å². The zero-order valence-electron chi connectivity index (χ0n) is 12.0. The number of hydrogen-bond donors (Lipinski definition) is 2. The Morgan fingerprint density at radius 2 is 2.10 bits per heavy atom. The number of rotatable bonds is 6. The number of aryl methyl sites for hydroxylation is 1. The SMILES string of the molecule is CNCC1CCN(S(=O)(=O)NCc2nccn2C)CC1. The first-order valence-corrected chi connectivity index (χ1v) is 8.32. The average molecular weight is 301 g/mol. The topological polar surface area (TPSA) is 79.3 Å². The second-order valence-corrected chi connectivity index (χ2v) is 6.94. The number of nitrogens with one attached hydrogen (secondary N) is 2. The summed E-state index contributed by atoms with van der Waals surface area (Å²) in [5, 5.41) is 3.15. The molecule has 0 spiro atoms. The van der Waals surface area contributed by atoms with Gasteiger partial charge in [0.05, 0.1) is 6.54 Å². The first-order chi connectivity index (χ1) is 9.53. The van der Waals surface area contributed by atoms with E-state index in [2.05, 4.69) is 15.0 Å². The van der Waals surface area contributed by atoms with Gasteiger partial charge in [-0.05, 0) is 32.4 Å². The normalized spacial score (nSPS) is 18.5. The first kappa shape index (κ1) is 15.4. The van der Waals surface area contributed by atoms with Gasteiger partial charge >= 0.3 is 0 Å². The van der Waals surface area contributed by atoms with Gasteiger partial charge in [0.2, 0.25) is 0 Å². The van der Waals surface area contributed by atoms with Crippen LogP contribution in [0.25, 0.3) is 0 Å². The Morgan fingerprint density at radius 1 is 1.40 bits per heavy atom. The summed E-state index contributed by atoms with van der Waals surface area (Å²) in [4.78, 5) is 4.11. The van der Waals surface area contributed by atoms with E-state index in [-0.39, 0.29) is 6.54 Å². The van der Waals surface area contributed by atoms with Crippen LogP contribution >= 0.6 is 0 Å². The molecule has 2 heterocycles. The Morgan fingerprint density at radius 3 is 2.65 bits per heavy atom. The zero-order valence-corrected chi connectivity index (χ0v) is 12.9. The molecule has 7 nitrogen and oxygen atoms in total. The van der Waals surface area contributed by atoms with Crippen molar-refractivity contribution in [2.75, 3.05) is 26.7 Å². The Balaban J connectivity index is 1.87. The van der Waals surface area contributed by atoms with E-state index in [1.165, 1.54) is 4.31 Å². The van der Waals surface area contributed by atoms with Crippen LogP contribution in [0.1, 0.15) is 18.7 Å². The molecule has 8 heteroatoms. The lowest BCUT2D eigenvalue weighted by Crippen LogP contribution is -2.45. The summed E-state index contributed by atoms with van der Waals surface area (Å²) in [5.41, 5.74) is 0. The summed E-state index contributed by atoms with van der Waals surface area (Å²) in [6, 6.07) is 0. The fourth-order valence-corrected chi connectivity index (χ4v) is 3.64. The van der Waals surface area contributed by atoms with Crippen molar-refractivity contribution in [3.05, 3.63) is 18.2 Å². The largest absolute Gasteiger partial charge is 0.337 e. The molecule has 0 bridgehead atoms. The van der Waals surface area contributed by atoms with Gasteiger partial charge in [-0.3, -0.25) is 0 Å². The lowest BCUT2D eigenvalue weighted by molar-refractivity contribution is 0.268. The van der Waals surface area contributed by atoms with E-state index in [0.29, 0.717) is 24.8 Å². The molecule has 1 aliphatic heterocycles. The molecule has 1 fully saturated rings. The molecule has 0 unspecified atom stereocenters. The Hall–Kier alpha value is -0.960. The first-order valence-electron chi connectivity index (χ1n) is 6.88. The van der Waals surface area contributed by atoms with Crippen molar-refractivity contribution in [3.8, 4) is 0 Å². The highest BCUT2D eigenvalue weighted by Crippen LogP contribution is 2.18. The van der Waals surface area contributed by atoms with Gasteiger partial charge in [0.25, 0.3) is 10.2 Å². The van der Waals surface area contributed by atoms with Crippen molar-refractivity contribution >= 4 is 10.2 Å². The van der Waals surface area contributed by atoms with E-state index >= 15 is 0 Å². The van der Waals surface area contributed by atoms with Gasteiger partial charge in [0, 0.05) is 32.5 Å². The smallest absolute Gasteiger partial charge is 0.279 e. The molecular formula is C12H23N5O2S. The van der Waals surface area contributed by atoms with E-state index in [1.54, 1.807) is 12.4 Å². The quantitative estimate of drug-likeness (QED) is 0.755. The molecule has 1 aliphatic rings. The number of aromatic nitrogens is 2. The summed E-state index contributed by atoms with van der Waals surface area (Å²) >= 11 is 0. The van der Waals surface area contributed by atoms with Crippen LogP contribution in [0.2, 0.25) is 0 Å². The van der Waals surface area contributed by atoms with Crippen molar-refractivity contribution in [1.82, 2.24) is 23.9 Å². The Bertz CT molecular complexity index is 520. The van der Waals surface area contributed by atoms with Crippen LogP contribution in [0.5, 0.6) is 0 Å². The maximum Gasteiger partial charge on any atom is 0.279 e. The van der Waals surface area contributed by atoms with Crippen LogP contribution in [-0.2, 0) is 23.8 Å². The molecule has 0 atom stereocenters. The van der Waals surface area contributed by atoms with E-state index in [4.69, 9.17) is 0 Å². The Labute approximate surface area is 120 Å². The standard InChI is InChI=1S/C12H23N5O2S/c1-13-9-11-3-6-17(7-4-11)20(18,19)15-10-12-14-5-8-16(12)2/h5,8,11,13,15H,3-4,6-7,9-10H2,1-2H3. The molecular weight excluding hydrogens is 278 g/mol. The molecule has 2 N–H and O–H groups in total. The number of piperidine rings is 1. The predicted octanol–water partition coefficient (Wildman–Crippen LogP) is -0.314. The van der Waals surface area contributed by atoms with E-state index < -0.39 is 10.2 Å². The third-order valence-corrected chi connectivity index (χ3v) is 5.29. The summed E-state index contributed by atoms with van der Waals surface area (Å²) in [7, 11) is 0.370. The lowest BCUT2D eigenvalue weighted by atomic mass is 9.98. The van der Waals surface area contributed by atoms with Crippen LogP contribution in [0.15, 0.2) is 12.4 Å². The molecule has 2 rings (SSSR count). The van der Waals surface area contributed by atoms with Crippen molar-refractivity contribution in [2.45, 2.75) is 19.4 Å². The second-order valence-electron chi connectivity index (χ2n) is 5.18. The fourth-order valence-electron chi connectivity index (χ4n) is 2.46. The van der Waals surface area contributed by atoms with E-state index in [0.717, 1.165) is 19.4 Å². The predicted molar refractivity (Wildman–Crippen MR) is 77.2 cm³/mol. The van der Waals surface area contributed by atoms with Gasteiger partial charge in [-0.1, -0.05) is 0 Å². The summed E-state index contributed by atoms with van der Waals surface area (Å²) in [5.74, 6) is 1.28. The molecule has 0 saturated carbocycles. The Kier molecular flexibility index (Phi) is 5.14. The highest BCUT2D eigenvalue weighted by Gasteiger charge is 2.27. The third kappa shape index (κ3) is 3.78. The monoisotopic (exact) mass is 301 g/mol. The van der Waals surface area contributed by atoms with E-state index in [1.807, 2.05) is 18.7 Å². The van der Waals surface area contributed by atoms with Crippen molar-refractivity contribution in [3.63, 3.8) is 0 Å². The van der Waals surface area contributed by atoms with Crippen molar-refractivity contribution < 1.29 is 8.42 Å². The maximum absolute atomic E-state index is 12.2. The average Bonchev–Trinajstić information content (AvgIpc) is 2.83. The fraction of sp³-hybridized carbons (Fsp3) is 0.750. The summed E-state index contributed by atoms with van der Waals surface area (Å²) in [6.07, 6.45) is 5.27. The summed E-state index contributed by atoms with van der Waals surface area (Å²) in [6.45, 7) is 2.35. The van der Waals surface area contributed by atoms with Crippen molar-refractivity contribution in [2.24, 2.45) is 13.0 Å². The molecule has 1 saturated heterocycles. The molecule has 20 heavy (non-hydrogen) atoms. The van der Waals surface area contributed by atoms with E-state index in [9.17, 15) is 8.42 Å². The molecule has 1 aromatic rings. The van der Waals surface area contributed by atoms with Crippen LogP contribution in [-0.4, -0.2) is 49.0 Å². The minimum atomic E-state index is -3.40. The number of nitrogens with zero attached hydrogens (tertiary/aromatic N) is 3. The summed E-state index contributed by atoms with van der Waals surface area (Å²) < 4.78 is 30.4. The maximum atomic E-state index is 12.2. The second kappa shape index (κ2) is 6.66. The van der Waals surface area contributed by atoms with Crippen LogP contribution < -0.4 is 10.0 Å². The number of hydrogen-bond acceptors (Lipinski definition) is 4. The van der Waals surface area contributed by atoms with Crippen LogP contribution in [0, 0.1) is 5.92 Å². The lowest BCUT2D eigenvalue weighted by Gasteiger charge is -2.31. The highest BCUT2D eigenvalue weighted by molar-refractivity contribution is 7.87. The van der Waals surface area contributed by atoms with Gasteiger partial charge in [0.1, 0.15) is 5.82 Å². The third-order valence-electron chi connectivity index (χ3n) is 3.74. The van der Waals surface area contributed by atoms with Crippen LogP contribution in [0.4, 0.5) is 0 Å². The molecule has 0 radical (unpaired) electrons. The molecule has 0 aliphatic carbocycles. The molecule has 114 valence electrons. The minimum absolute atomic E-state index is 0.224. The highest BCUT2D eigenvalue weighted by atomic mass is 32.2. The number of imidazole rings is 1. The molecule has 0 aromatic carbocycles.